The summed E-state index contributed by atoms with van der Waals surface area (Å²) >= 11 is 0. The fraction of sp³-hybridized carbons (Fsp3) is 0.800. The van der Waals surface area contributed by atoms with Gasteiger partial charge in [0.25, 0.3) is 0 Å². The van der Waals surface area contributed by atoms with Gasteiger partial charge in [-0.15, -0.1) is 6.58 Å². The van der Waals surface area contributed by atoms with E-state index in [0.717, 1.165) is 19.4 Å². The molecule has 7 heteroatoms. The summed E-state index contributed by atoms with van der Waals surface area (Å²) in [4.78, 5) is 14.6. The molecule has 1 aliphatic heterocycles. The number of nitrogens with one attached hydrogen (secondary N) is 1. The standard InChI is InChI=1S/C15H27N2O4P/c1-5-12-11-15(12,22(19,20-6-2)21-7-3)16-14(18)13-9-8-10-17(13)4/h5,12-13H,1,6-11H2,2-4H3,(H,16,18). The van der Waals surface area contributed by atoms with Crippen LogP contribution in [0.2, 0.25) is 0 Å². The highest BCUT2D eigenvalue weighted by Crippen LogP contribution is 2.72. The Labute approximate surface area is 132 Å². The second kappa shape index (κ2) is 6.83. The molecule has 22 heavy (non-hydrogen) atoms. The van der Waals surface area contributed by atoms with E-state index in [2.05, 4.69) is 11.9 Å². The Hall–Kier alpha value is -0.680. The Bertz CT molecular complexity index is 474. The molecule has 2 rings (SSSR count). The normalized spacial score (nSPS) is 32.0. The van der Waals surface area contributed by atoms with E-state index >= 15 is 0 Å². The van der Waals surface area contributed by atoms with Gasteiger partial charge < -0.3 is 14.4 Å². The molecule has 1 saturated carbocycles. The topological polar surface area (TPSA) is 67.9 Å². The zero-order chi connectivity index (χ0) is 16.4. The minimum Gasteiger partial charge on any atom is -0.338 e. The Morgan fingerprint density at radius 2 is 2.09 bits per heavy atom. The third kappa shape index (κ3) is 3.02. The van der Waals surface area contributed by atoms with E-state index in [4.69, 9.17) is 9.05 Å². The van der Waals surface area contributed by atoms with Gasteiger partial charge in [-0.3, -0.25) is 14.3 Å². The summed E-state index contributed by atoms with van der Waals surface area (Å²) in [5.41, 5.74) is 0. The van der Waals surface area contributed by atoms with Crippen LogP contribution in [0.25, 0.3) is 0 Å². The molecule has 0 spiro atoms. The summed E-state index contributed by atoms with van der Waals surface area (Å²) in [6.45, 7) is 8.79. The van der Waals surface area contributed by atoms with Crippen LogP contribution in [-0.4, -0.2) is 48.9 Å². The zero-order valence-electron chi connectivity index (χ0n) is 13.7. The van der Waals surface area contributed by atoms with Crippen molar-refractivity contribution in [1.29, 1.82) is 0 Å². The summed E-state index contributed by atoms with van der Waals surface area (Å²) in [6.07, 6.45) is 4.10. The van der Waals surface area contributed by atoms with Gasteiger partial charge >= 0.3 is 7.60 Å². The summed E-state index contributed by atoms with van der Waals surface area (Å²) < 4.78 is 24.1. The SMILES string of the molecule is C=CC1CC1(NC(=O)C1CCCN1C)P(=O)(OCC)OCC. The summed E-state index contributed by atoms with van der Waals surface area (Å²) in [6, 6.07) is -0.167. The van der Waals surface area contributed by atoms with Gasteiger partial charge in [-0.2, -0.15) is 0 Å². The molecule has 0 bridgehead atoms. The van der Waals surface area contributed by atoms with Crippen molar-refractivity contribution in [3.05, 3.63) is 12.7 Å². The number of carbonyl (C=O) groups is 1. The number of likely N-dealkylation sites (N-methyl/N-ethyl adjacent to an activating group) is 1. The van der Waals surface area contributed by atoms with Gasteiger partial charge in [0.2, 0.25) is 5.91 Å². The molecule has 2 aliphatic rings. The minimum absolute atomic E-state index is 0.0768. The van der Waals surface area contributed by atoms with Crippen LogP contribution >= 0.6 is 7.60 Å². The highest BCUT2D eigenvalue weighted by Gasteiger charge is 2.68. The lowest BCUT2D eigenvalue weighted by molar-refractivity contribution is -0.125. The molecule has 2 fully saturated rings. The number of likely N-dealkylation sites (tertiary alicyclic amines) is 1. The second-order valence-corrected chi connectivity index (χ2v) is 8.24. The molecular weight excluding hydrogens is 303 g/mol. The number of hydrogen-bond acceptors (Lipinski definition) is 5. The molecule has 1 amide bonds. The van der Waals surface area contributed by atoms with Crippen molar-refractivity contribution in [2.45, 2.75) is 44.4 Å². The maximum Gasteiger partial charge on any atom is 0.356 e. The van der Waals surface area contributed by atoms with Gasteiger partial charge in [0.1, 0.15) is 5.28 Å². The Balaban J connectivity index is 2.19. The third-order valence-corrected chi connectivity index (χ3v) is 7.32. The van der Waals surface area contributed by atoms with Crippen molar-refractivity contribution in [3.63, 3.8) is 0 Å². The zero-order valence-corrected chi connectivity index (χ0v) is 14.6. The predicted octanol–water partition coefficient (Wildman–Crippen LogP) is 2.37. The van der Waals surface area contributed by atoms with E-state index in [1.54, 1.807) is 19.9 Å². The maximum absolute atomic E-state index is 13.2. The van der Waals surface area contributed by atoms with Gasteiger partial charge in [-0.25, -0.2) is 0 Å². The van der Waals surface area contributed by atoms with Crippen molar-refractivity contribution in [2.75, 3.05) is 26.8 Å². The molecular formula is C15H27N2O4P. The van der Waals surface area contributed by atoms with E-state index in [1.807, 2.05) is 11.9 Å². The van der Waals surface area contributed by atoms with Crippen LogP contribution in [0.4, 0.5) is 0 Å². The van der Waals surface area contributed by atoms with Crippen LogP contribution in [0.3, 0.4) is 0 Å². The lowest BCUT2D eigenvalue weighted by atomic mass is 10.2. The molecule has 1 N–H and O–H groups in total. The first kappa shape index (κ1) is 17.7. The van der Waals surface area contributed by atoms with Gasteiger partial charge in [-0.05, 0) is 46.7 Å². The maximum atomic E-state index is 13.2. The van der Waals surface area contributed by atoms with E-state index in [1.165, 1.54) is 0 Å². The van der Waals surface area contributed by atoms with Gasteiger partial charge in [0.05, 0.1) is 19.3 Å². The van der Waals surface area contributed by atoms with Gasteiger partial charge in [-0.1, -0.05) is 6.08 Å². The molecule has 0 aromatic carbocycles. The highest BCUT2D eigenvalue weighted by molar-refractivity contribution is 7.56. The van der Waals surface area contributed by atoms with Crippen LogP contribution in [0.15, 0.2) is 12.7 Å². The van der Waals surface area contributed by atoms with Crippen molar-refractivity contribution in [2.24, 2.45) is 5.92 Å². The molecule has 1 aliphatic carbocycles. The Kier molecular flexibility index (Phi) is 5.49. The molecule has 3 unspecified atom stereocenters. The molecule has 0 aromatic heterocycles. The van der Waals surface area contributed by atoms with Crippen molar-refractivity contribution >= 4 is 13.5 Å². The number of hydrogen-bond donors (Lipinski definition) is 1. The molecule has 3 atom stereocenters. The number of amides is 1. The predicted molar refractivity (Wildman–Crippen MR) is 85.7 cm³/mol. The minimum atomic E-state index is -3.42. The molecule has 0 aromatic rings. The summed E-state index contributed by atoms with van der Waals surface area (Å²) in [5.74, 6) is -0.170. The van der Waals surface area contributed by atoms with Crippen molar-refractivity contribution < 1.29 is 18.4 Å². The molecule has 0 radical (unpaired) electrons. The van der Waals surface area contributed by atoms with Crippen molar-refractivity contribution in [1.82, 2.24) is 10.2 Å². The van der Waals surface area contributed by atoms with E-state index in [-0.39, 0.29) is 31.1 Å². The Morgan fingerprint density at radius 1 is 1.45 bits per heavy atom. The van der Waals surface area contributed by atoms with Crippen LogP contribution in [0, 0.1) is 5.92 Å². The molecule has 1 saturated heterocycles. The Morgan fingerprint density at radius 3 is 2.50 bits per heavy atom. The lowest BCUT2D eigenvalue weighted by Crippen LogP contribution is -2.48. The first-order valence-electron chi connectivity index (χ1n) is 7.98. The van der Waals surface area contributed by atoms with E-state index < -0.39 is 12.9 Å². The molecule has 126 valence electrons. The average Bonchev–Trinajstić information content (AvgIpc) is 3.03. The fourth-order valence-electron chi connectivity index (χ4n) is 3.23. The number of nitrogens with zero attached hydrogens (tertiary/aromatic N) is 1. The smallest absolute Gasteiger partial charge is 0.338 e. The second-order valence-electron chi connectivity index (χ2n) is 5.93. The lowest BCUT2D eigenvalue weighted by Gasteiger charge is -2.30. The first-order chi connectivity index (χ1) is 10.4. The van der Waals surface area contributed by atoms with E-state index in [0.29, 0.717) is 6.42 Å². The van der Waals surface area contributed by atoms with E-state index in [9.17, 15) is 9.36 Å². The van der Waals surface area contributed by atoms with Crippen molar-refractivity contribution in [3.8, 4) is 0 Å². The number of carbonyl (C=O) groups excluding carboxylic acids is 1. The van der Waals surface area contributed by atoms with Crippen LogP contribution < -0.4 is 5.32 Å². The average molecular weight is 330 g/mol. The monoisotopic (exact) mass is 330 g/mol. The first-order valence-corrected chi connectivity index (χ1v) is 9.52. The molecule has 1 heterocycles. The van der Waals surface area contributed by atoms with Crippen LogP contribution in [-0.2, 0) is 18.4 Å². The van der Waals surface area contributed by atoms with Crippen LogP contribution in [0.5, 0.6) is 0 Å². The quantitative estimate of drug-likeness (QED) is 0.547. The van der Waals surface area contributed by atoms with Crippen LogP contribution in [0.1, 0.15) is 33.1 Å². The van der Waals surface area contributed by atoms with Gasteiger partial charge in [0, 0.05) is 5.92 Å². The number of rotatable bonds is 8. The fourth-order valence-corrected chi connectivity index (χ4v) is 5.62. The highest BCUT2D eigenvalue weighted by atomic mass is 31.2. The molecule has 6 nitrogen and oxygen atoms in total. The largest absolute Gasteiger partial charge is 0.356 e. The summed E-state index contributed by atoms with van der Waals surface area (Å²) in [7, 11) is -1.48. The van der Waals surface area contributed by atoms with Gasteiger partial charge in [0.15, 0.2) is 0 Å². The summed E-state index contributed by atoms with van der Waals surface area (Å²) in [5, 5.41) is 2.04. The third-order valence-electron chi connectivity index (χ3n) is 4.52.